The van der Waals surface area contributed by atoms with Gasteiger partial charge in [0, 0.05) is 12.1 Å². The lowest BCUT2D eigenvalue weighted by atomic mass is 10.1. The fourth-order valence-electron chi connectivity index (χ4n) is 3.18. The van der Waals surface area contributed by atoms with Crippen LogP contribution in [0, 0.1) is 0 Å². The maximum atomic E-state index is 6.22. The molecule has 0 fully saturated rings. The van der Waals surface area contributed by atoms with Gasteiger partial charge >= 0.3 is 0 Å². The highest BCUT2D eigenvalue weighted by molar-refractivity contribution is 5.76. The van der Waals surface area contributed by atoms with Crippen molar-refractivity contribution < 1.29 is 4.74 Å². The normalized spacial score (nSPS) is 13.0. The number of nitrogens with one attached hydrogen (secondary N) is 2. The molecule has 0 aliphatic carbocycles. The van der Waals surface area contributed by atoms with Crippen molar-refractivity contribution in [2.75, 3.05) is 10.6 Å². The Morgan fingerprint density at radius 1 is 0.778 bits per heavy atom. The molecule has 0 saturated carbocycles. The van der Waals surface area contributed by atoms with E-state index in [1.54, 1.807) is 0 Å². The summed E-state index contributed by atoms with van der Waals surface area (Å²) in [6, 6.07) is 17.1. The Morgan fingerprint density at radius 3 is 2.04 bits per heavy atom. The van der Waals surface area contributed by atoms with Gasteiger partial charge in [0.05, 0.1) is 5.69 Å². The highest BCUT2D eigenvalue weighted by atomic mass is 16.5. The van der Waals surface area contributed by atoms with Crippen molar-refractivity contribution in [3.8, 4) is 11.5 Å². The molecule has 3 heteroatoms. The van der Waals surface area contributed by atoms with Gasteiger partial charge in [-0.15, -0.1) is 0 Å². The minimum Gasteiger partial charge on any atom is -0.455 e. The number of anilines is 2. The van der Waals surface area contributed by atoms with E-state index in [1.165, 1.54) is 32.1 Å². The van der Waals surface area contributed by atoms with Crippen molar-refractivity contribution in [1.82, 2.24) is 0 Å². The molecule has 2 N–H and O–H groups in total. The second-order valence-electron chi connectivity index (χ2n) is 7.47. The van der Waals surface area contributed by atoms with Gasteiger partial charge in [0.2, 0.25) is 0 Å². The van der Waals surface area contributed by atoms with E-state index in [9.17, 15) is 0 Å². The zero-order valence-electron chi connectivity index (χ0n) is 17.4. The first-order valence-corrected chi connectivity index (χ1v) is 10.5. The molecule has 2 rings (SSSR count). The molecular formula is C24H36N2O. The van der Waals surface area contributed by atoms with Gasteiger partial charge in [0.15, 0.2) is 5.75 Å². The van der Waals surface area contributed by atoms with Gasteiger partial charge in [-0.05, 0) is 51.0 Å². The molecule has 0 aliphatic rings. The van der Waals surface area contributed by atoms with Crippen LogP contribution in [0.3, 0.4) is 0 Å². The van der Waals surface area contributed by atoms with Crippen molar-refractivity contribution in [3.05, 3.63) is 48.5 Å². The van der Waals surface area contributed by atoms with Gasteiger partial charge in [-0.25, -0.2) is 0 Å². The SMILES string of the molecule is CCCCC(C)Nc1cccc(Oc2ccccc2)c1NC(C)CCCC. The molecule has 2 unspecified atom stereocenters. The number of hydrogen-bond donors (Lipinski definition) is 2. The third kappa shape index (κ3) is 7.16. The predicted molar refractivity (Wildman–Crippen MR) is 118 cm³/mol. The van der Waals surface area contributed by atoms with E-state index in [2.05, 4.69) is 50.5 Å². The Bertz CT molecular complexity index is 657. The molecule has 0 radical (unpaired) electrons. The van der Waals surface area contributed by atoms with E-state index < -0.39 is 0 Å². The molecule has 2 aromatic rings. The molecule has 0 spiro atoms. The molecular weight excluding hydrogens is 332 g/mol. The van der Waals surface area contributed by atoms with Gasteiger partial charge < -0.3 is 15.4 Å². The summed E-state index contributed by atoms with van der Waals surface area (Å²) < 4.78 is 6.22. The van der Waals surface area contributed by atoms with Crippen molar-refractivity contribution in [2.24, 2.45) is 0 Å². The van der Waals surface area contributed by atoms with E-state index in [-0.39, 0.29) is 0 Å². The van der Waals surface area contributed by atoms with Crippen LogP contribution in [0.1, 0.15) is 66.2 Å². The highest BCUT2D eigenvalue weighted by Gasteiger charge is 2.14. The summed E-state index contributed by atoms with van der Waals surface area (Å²) in [7, 11) is 0. The summed E-state index contributed by atoms with van der Waals surface area (Å²) in [5, 5.41) is 7.40. The number of benzene rings is 2. The lowest BCUT2D eigenvalue weighted by Gasteiger charge is -2.24. The standard InChI is InChI=1S/C24H36N2O/c1-5-7-13-19(3)25-22-17-12-18-23(27-21-15-10-9-11-16-21)24(22)26-20(4)14-8-6-2/h9-12,15-20,25-26H,5-8,13-14H2,1-4H3. The maximum Gasteiger partial charge on any atom is 0.152 e. The van der Waals surface area contributed by atoms with E-state index in [1.807, 2.05) is 36.4 Å². The third-order valence-corrected chi connectivity index (χ3v) is 4.77. The summed E-state index contributed by atoms with van der Waals surface area (Å²) in [5.74, 6) is 1.73. The van der Waals surface area contributed by atoms with E-state index >= 15 is 0 Å². The van der Waals surface area contributed by atoms with Crippen molar-refractivity contribution in [2.45, 2.75) is 78.3 Å². The number of hydrogen-bond acceptors (Lipinski definition) is 3. The minimum absolute atomic E-state index is 0.400. The van der Waals surface area contributed by atoms with Crippen LogP contribution in [-0.2, 0) is 0 Å². The quantitative estimate of drug-likeness (QED) is 0.408. The molecule has 2 aromatic carbocycles. The fourth-order valence-corrected chi connectivity index (χ4v) is 3.18. The molecule has 2 atom stereocenters. The number of unbranched alkanes of at least 4 members (excludes halogenated alkanes) is 2. The average Bonchev–Trinajstić information content (AvgIpc) is 2.68. The van der Waals surface area contributed by atoms with Crippen LogP contribution in [-0.4, -0.2) is 12.1 Å². The Balaban J connectivity index is 2.23. The molecule has 0 amide bonds. The molecule has 0 aliphatic heterocycles. The van der Waals surface area contributed by atoms with Crippen LogP contribution in [0.5, 0.6) is 11.5 Å². The van der Waals surface area contributed by atoms with Gasteiger partial charge in [-0.1, -0.05) is 63.8 Å². The Hall–Kier alpha value is -2.16. The number of rotatable bonds is 12. The topological polar surface area (TPSA) is 33.3 Å². The average molecular weight is 369 g/mol. The largest absolute Gasteiger partial charge is 0.455 e. The highest BCUT2D eigenvalue weighted by Crippen LogP contribution is 2.37. The third-order valence-electron chi connectivity index (χ3n) is 4.77. The lowest BCUT2D eigenvalue weighted by molar-refractivity contribution is 0.483. The molecule has 0 saturated heterocycles. The van der Waals surface area contributed by atoms with Crippen LogP contribution >= 0.6 is 0 Å². The van der Waals surface area contributed by atoms with Crippen LogP contribution in [0.15, 0.2) is 48.5 Å². The molecule has 0 bridgehead atoms. The van der Waals surface area contributed by atoms with Crippen molar-refractivity contribution in [1.29, 1.82) is 0 Å². The second kappa shape index (κ2) is 11.5. The first-order valence-electron chi connectivity index (χ1n) is 10.5. The maximum absolute atomic E-state index is 6.22. The van der Waals surface area contributed by atoms with Crippen LogP contribution < -0.4 is 15.4 Å². The first-order chi connectivity index (χ1) is 13.1. The minimum atomic E-state index is 0.400. The Morgan fingerprint density at radius 2 is 1.41 bits per heavy atom. The summed E-state index contributed by atoms with van der Waals surface area (Å²) in [5.41, 5.74) is 2.18. The fraction of sp³-hybridized carbons (Fsp3) is 0.500. The van der Waals surface area contributed by atoms with Crippen LogP contribution in [0.4, 0.5) is 11.4 Å². The summed E-state index contributed by atoms with van der Waals surface area (Å²) in [6.07, 6.45) is 7.23. The van der Waals surface area contributed by atoms with E-state index in [0.29, 0.717) is 12.1 Å². The zero-order valence-corrected chi connectivity index (χ0v) is 17.4. The van der Waals surface area contributed by atoms with Gasteiger partial charge in [0.1, 0.15) is 11.4 Å². The zero-order chi connectivity index (χ0) is 19.5. The van der Waals surface area contributed by atoms with Gasteiger partial charge in [-0.2, -0.15) is 0 Å². The summed E-state index contributed by atoms with van der Waals surface area (Å²) >= 11 is 0. The van der Waals surface area contributed by atoms with Crippen LogP contribution in [0.25, 0.3) is 0 Å². The summed E-state index contributed by atoms with van der Waals surface area (Å²) in [6.45, 7) is 8.98. The van der Waals surface area contributed by atoms with Gasteiger partial charge in [0.25, 0.3) is 0 Å². The van der Waals surface area contributed by atoms with Crippen molar-refractivity contribution in [3.63, 3.8) is 0 Å². The second-order valence-corrected chi connectivity index (χ2v) is 7.47. The Labute approximate surface area is 165 Å². The Kier molecular flexibility index (Phi) is 9.03. The summed E-state index contributed by atoms with van der Waals surface area (Å²) in [4.78, 5) is 0. The van der Waals surface area contributed by atoms with Crippen molar-refractivity contribution >= 4 is 11.4 Å². The molecule has 27 heavy (non-hydrogen) atoms. The van der Waals surface area contributed by atoms with E-state index in [0.717, 1.165) is 29.3 Å². The molecule has 148 valence electrons. The smallest absolute Gasteiger partial charge is 0.152 e. The number of ether oxygens (including phenoxy) is 1. The van der Waals surface area contributed by atoms with Crippen LogP contribution in [0.2, 0.25) is 0 Å². The molecule has 0 aromatic heterocycles. The predicted octanol–water partition coefficient (Wildman–Crippen LogP) is 7.46. The van der Waals surface area contributed by atoms with Gasteiger partial charge in [-0.3, -0.25) is 0 Å². The molecule has 3 nitrogen and oxygen atoms in total. The van der Waals surface area contributed by atoms with E-state index in [4.69, 9.17) is 4.74 Å². The molecule has 0 heterocycles. The number of para-hydroxylation sites is 2. The monoisotopic (exact) mass is 368 g/mol. The first kappa shape index (κ1) is 21.1. The lowest BCUT2D eigenvalue weighted by Crippen LogP contribution is -2.20.